The zero-order valence-corrected chi connectivity index (χ0v) is 12.7. The van der Waals surface area contributed by atoms with Crippen LogP contribution >= 0.6 is 11.6 Å². The van der Waals surface area contributed by atoms with Gasteiger partial charge in [0.1, 0.15) is 5.82 Å². The van der Waals surface area contributed by atoms with E-state index in [2.05, 4.69) is 10.2 Å². The Morgan fingerprint density at radius 1 is 1.09 bits per heavy atom. The lowest BCUT2D eigenvalue weighted by atomic mass is 10.1. The van der Waals surface area contributed by atoms with Crippen LogP contribution in [0.5, 0.6) is 0 Å². The van der Waals surface area contributed by atoms with Gasteiger partial charge >= 0.3 is 0 Å². The fourth-order valence-electron chi connectivity index (χ4n) is 2.58. The second kappa shape index (κ2) is 6.36. The number of nitrogens with one attached hydrogen (secondary N) is 1. The summed E-state index contributed by atoms with van der Waals surface area (Å²) in [4.78, 5) is 14.5. The topological polar surface area (TPSA) is 32.3 Å². The summed E-state index contributed by atoms with van der Waals surface area (Å²) < 4.78 is 13.1. The van der Waals surface area contributed by atoms with Crippen molar-refractivity contribution in [3.05, 3.63) is 58.9 Å². The van der Waals surface area contributed by atoms with E-state index in [4.69, 9.17) is 11.6 Å². The zero-order chi connectivity index (χ0) is 15.5. The van der Waals surface area contributed by atoms with E-state index in [9.17, 15) is 9.18 Å². The first-order chi connectivity index (χ1) is 10.6. The van der Waals surface area contributed by atoms with Gasteiger partial charge in [-0.3, -0.25) is 4.79 Å². The first-order valence-corrected chi connectivity index (χ1v) is 7.63. The summed E-state index contributed by atoms with van der Waals surface area (Å²) in [7, 11) is 0. The molecular formula is C17H16ClFN2O. The molecule has 2 aromatic rings. The molecule has 2 aromatic carbocycles. The van der Waals surface area contributed by atoms with Crippen LogP contribution in [-0.2, 0) is 0 Å². The molecule has 0 aliphatic carbocycles. The number of nitrogens with zero attached hydrogens (tertiary/aromatic N) is 1. The van der Waals surface area contributed by atoms with Gasteiger partial charge in [0.25, 0.3) is 5.91 Å². The van der Waals surface area contributed by atoms with Gasteiger partial charge in [0.2, 0.25) is 0 Å². The first kappa shape index (κ1) is 14.9. The van der Waals surface area contributed by atoms with Crippen molar-refractivity contribution >= 4 is 28.9 Å². The average Bonchev–Trinajstić information content (AvgIpc) is 3.05. The van der Waals surface area contributed by atoms with Crippen LogP contribution in [0.25, 0.3) is 0 Å². The average molecular weight is 319 g/mol. The van der Waals surface area contributed by atoms with E-state index in [1.165, 1.54) is 31.0 Å². The summed E-state index contributed by atoms with van der Waals surface area (Å²) in [6, 6.07) is 11.6. The van der Waals surface area contributed by atoms with Crippen molar-refractivity contribution in [3.63, 3.8) is 0 Å². The monoisotopic (exact) mass is 318 g/mol. The number of amides is 1. The standard InChI is InChI=1S/C17H16ClFN2O/c18-15-11-13(5-8-16(15)19)20-17(22)12-3-6-14(7-4-12)21-9-1-2-10-21/h3-8,11H,1-2,9-10H2,(H,20,22). The van der Waals surface area contributed by atoms with Gasteiger partial charge in [-0.2, -0.15) is 0 Å². The summed E-state index contributed by atoms with van der Waals surface area (Å²) >= 11 is 5.70. The SMILES string of the molecule is O=C(Nc1ccc(F)c(Cl)c1)c1ccc(N2CCCC2)cc1. The van der Waals surface area contributed by atoms with Crippen molar-refractivity contribution in [2.24, 2.45) is 0 Å². The van der Waals surface area contributed by atoms with Crippen LogP contribution in [0.4, 0.5) is 15.8 Å². The van der Waals surface area contributed by atoms with Gasteiger partial charge in [-0.25, -0.2) is 4.39 Å². The van der Waals surface area contributed by atoms with E-state index in [1.807, 2.05) is 12.1 Å². The Balaban J connectivity index is 1.70. The third-order valence-electron chi connectivity index (χ3n) is 3.78. The molecule has 1 saturated heterocycles. The van der Waals surface area contributed by atoms with Crippen molar-refractivity contribution < 1.29 is 9.18 Å². The van der Waals surface area contributed by atoms with Gasteiger partial charge in [0.15, 0.2) is 0 Å². The van der Waals surface area contributed by atoms with Crippen LogP contribution < -0.4 is 10.2 Å². The van der Waals surface area contributed by atoms with Crippen molar-refractivity contribution in [3.8, 4) is 0 Å². The Labute approximate surface area is 133 Å². The molecule has 0 spiro atoms. The molecule has 1 fully saturated rings. The molecule has 22 heavy (non-hydrogen) atoms. The molecule has 1 aliphatic heterocycles. The molecule has 0 saturated carbocycles. The Kier molecular flexibility index (Phi) is 4.29. The van der Waals surface area contributed by atoms with Crippen LogP contribution in [0.3, 0.4) is 0 Å². The third kappa shape index (κ3) is 3.22. The highest BCUT2D eigenvalue weighted by molar-refractivity contribution is 6.31. The molecule has 1 aliphatic rings. The minimum Gasteiger partial charge on any atom is -0.372 e. The van der Waals surface area contributed by atoms with Crippen LogP contribution in [0.2, 0.25) is 5.02 Å². The molecule has 114 valence electrons. The predicted octanol–water partition coefficient (Wildman–Crippen LogP) is 4.33. The number of rotatable bonds is 3. The Morgan fingerprint density at radius 3 is 2.41 bits per heavy atom. The van der Waals surface area contributed by atoms with E-state index in [-0.39, 0.29) is 10.9 Å². The maximum atomic E-state index is 13.1. The van der Waals surface area contributed by atoms with E-state index in [0.29, 0.717) is 11.3 Å². The van der Waals surface area contributed by atoms with E-state index >= 15 is 0 Å². The summed E-state index contributed by atoms with van der Waals surface area (Å²) in [5.74, 6) is -0.745. The maximum Gasteiger partial charge on any atom is 0.255 e. The number of hydrogen-bond acceptors (Lipinski definition) is 2. The van der Waals surface area contributed by atoms with Crippen molar-refractivity contribution in [1.29, 1.82) is 0 Å². The largest absolute Gasteiger partial charge is 0.372 e. The molecule has 0 unspecified atom stereocenters. The smallest absolute Gasteiger partial charge is 0.255 e. The van der Waals surface area contributed by atoms with Crippen molar-refractivity contribution in [2.45, 2.75) is 12.8 Å². The number of anilines is 2. The highest BCUT2D eigenvalue weighted by Crippen LogP contribution is 2.22. The van der Waals surface area contributed by atoms with Crippen LogP contribution in [-0.4, -0.2) is 19.0 Å². The second-order valence-electron chi connectivity index (χ2n) is 5.32. The first-order valence-electron chi connectivity index (χ1n) is 7.25. The number of benzene rings is 2. The minimum absolute atomic E-state index is 0.0119. The van der Waals surface area contributed by atoms with Gasteiger partial charge in [-0.05, 0) is 55.3 Å². The molecule has 0 atom stereocenters. The van der Waals surface area contributed by atoms with Gasteiger partial charge < -0.3 is 10.2 Å². The van der Waals surface area contributed by atoms with Crippen LogP contribution in [0.15, 0.2) is 42.5 Å². The Morgan fingerprint density at radius 2 is 1.77 bits per heavy atom. The van der Waals surface area contributed by atoms with Crippen LogP contribution in [0.1, 0.15) is 23.2 Å². The molecule has 3 rings (SSSR count). The third-order valence-corrected chi connectivity index (χ3v) is 4.07. The fraction of sp³-hybridized carbons (Fsp3) is 0.235. The molecule has 1 N–H and O–H groups in total. The molecule has 5 heteroatoms. The summed E-state index contributed by atoms with van der Waals surface area (Å²) in [6.07, 6.45) is 2.43. The molecule has 1 amide bonds. The predicted molar refractivity (Wildman–Crippen MR) is 87.3 cm³/mol. The highest BCUT2D eigenvalue weighted by Gasteiger charge is 2.13. The van der Waals surface area contributed by atoms with Gasteiger partial charge in [-0.1, -0.05) is 11.6 Å². The normalized spacial score (nSPS) is 14.2. The Hall–Kier alpha value is -2.07. The lowest BCUT2D eigenvalue weighted by Gasteiger charge is -2.17. The number of carbonyl (C=O) groups is 1. The van der Waals surface area contributed by atoms with Crippen molar-refractivity contribution in [1.82, 2.24) is 0 Å². The minimum atomic E-state index is -0.505. The number of halogens is 2. The molecular weight excluding hydrogens is 303 g/mol. The molecule has 1 heterocycles. The number of hydrogen-bond donors (Lipinski definition) is 1. The van der Waals surface area contributed by atoms with E-state index in [1.54, 1.807) is 12.1 Å². The Bertz CT molecular complexity index is 682. The summed E-state index contributed by atoms with van der Waals surface area (Å²) in [6.45, 7) is 2.14. The lowest BCUT2D eigenvalue weighted by Crippen LogP contribution is -2.18. The summed E-state index contributed by atoms with van der Waals surface area (Å²) in [5, 5.41) is 2.70. The molecule has 0 aromatic heterocycles. The van der Waals surface area contributed by atoms with Crippen molar-refractivity contribution in [2.75, 3.05) is 23.3 Å². The fourth-order valence-corrected chi connectivity index (χ4v) is 2.76. The maximum absolute atomic E-state index is 13.1. The van der Waals surface area contributed by atoms with Gasteiger partial charge in [-0.15, -0.1) is 0 Å². The second-order valence-corrected chi connectivity index (χ2v) is 5.73. The highest BCUT2D eigenvalue weighted by atomic mass is 35.5. The zero-order valence-electron chi connectivity index (χ0n) is 12.0. The van der Waals surface area contributed by atoms with E-state index in [0.717, 1.165) is 18.8 Å². The van der Waals surface area contributed by atoms with Gasteiger partial charge in [0.05, 0.1) is 5.02 Å². The molecule has 0 radical (unpaired) electrons. The lowest BCUT2D eigenvalue weighted by molar-refractivity contribution is 0.102. The van der Waals surface area contributed by atoms with E-state index < -0.39 is 5.82 Å². The number of carbonyl (C=O) groups excluding carboxylic acids is 1. The van der Waals surface area contributed by atoms with Gasteiger partial charge in [0, 0.05) is 30.0 Å². The molecule has 3 nitrogen and oxygen atoms in total. The molecule has 0 bridgehead atoms. The quantitative estimate of drug-likeness (QED) is 0.913. The summed E-state index contributed by atoms with van der Waals surface area (Å²) in [5.41, 5.74) is 2.17. The van der Waals surface area contributed by atoms with Crippen LogP contribution in [0, 0.1) is 5.82 Å².